The van der Waals surface area contributed by atoms with E-state index in [1.165, 1.54) is 16.7 Å². The van der Waals surface area contributed by atoms with E-state index in [1.807, 2.05) is 0 Å². The molecule has 2 aromatic heterocycles. The van der Waals surface area contributed by atoms with Gasteiger partial charge in [0.15, 0.2) is 0 Å². The molecule has 20 heavy (non-hydrogen) atoms. The van der Waals surface area contributed by atoms with Crippen molar-refractivity contribution in [1.29, 1.82) is 0 Å². The van der Waals surface area contributed by atoms with Crippen LogP contribution in [0.2, 0.25) is 0 Å². The zero-order chi connectivity index (χ0) is 13.8. The summed E-state index contributed by atoms with van der Waals surface area (Å²) < 4.78 is 0. The highest BCUT2D eigenvalue weighted by molar-refractivity contribution is 7.08. The first-order valence-electron chi connectivity index (χ1n) is 6.99. The van der Waals surface area contributed by atoms with Crippen molar-refractivity contribution >= 4 is 28.2 Å². The maximum absolute atomic E-state index is 9.04. The van der Waals surface area contributed by atoms with Gasteiger partial charge in [-0.25, -0.2) is 0 Å². The van der Waals surface area contributed by atoms with Gasteiger partial charge in [-0.3, -0.25) is 0 Å². The van der Waals surface area contributed by atoms with Gasteiger partial charge in [0, 0.05) is 19.6 Å². The lowest BCUT2D eigenvalue weighted by atomic mass is 9.91. The highest BCUT2D eigenvalue weighted by Crippen LogP contribution is 2.34. The van der Waals surface area contributed by atoms with Crippen LogP contribution in [0.4, 0.5) is 0 Å². The van der Waals surface area contributed by atoms with Crippen molar-refractivity contribution in [2.24, 2.45) is 0 Å². The van der Waals surface area contributed by atoms with Crippen LogP contribution in [-0.2, 0) is 0 Å². The van der Waals surface area contributed by atoms with Gasteiger partial charge in [-0.1, -0.05) is 5.57 Å². The molecule has 0 atom stereocenters. The van der Waals surface area contributed by atoms with Crippen molar-refractivity contribution in [3.63, 3.8) is 0 Å². The summed E-state index contributed by atoms with van der Waals surface area (Å²) in [5, 5.41) is 17.9. The molecule has 0 amide bonds. The molecule has 2 nitrogen and oxygen atoms in total. The van der Waals surface area contributed by atoms with Crippen molar-refractivity contribution in [3.8, 4) is 0 Å². The van der Waals surface area contributed by atoms with E-state index in [0.29, 0.717) is 0 Å². The second-order valence-corrected chi connectivity index (χ2v) is 6.63. The van der Waals surface area contributed by atoms with Crippen LogP contribution in [0.1, 0.15) is 24.0 Å². The number of thiophene rings is 2. The van der Waals surface area contributed by atoms with Crippen LogP contribution >= 0.6 is 22.7 Å². The van der Waals surface area contributed by atoms with E-state index < -0.39 is 0 Å². The van der Waals surface area contributed by atoms with E-state index in [2.05, 4.69) is 38.6 Å². The molecule has 0 saturated carbocycles. The molecule has 0 bridgehead atoms. The molecule has 4 heteroatoms. The first-order valence-corrected chi connectivity index (χ1v) is 8.87. The van der Waals surface area contributed by atoms with Crippen molar-refractivity contribution in [2.45, 2.75) is 12.8 Å². The van der Waals surface area contributed by atoms with E-state index in [4.69, 9.17) is 5.11 Å². The third-order valence-electron chi connectivity index (χ3n) is 3.85. The number of hydrogen-bond acceptors (Lipinski definition) is 4. The monoisotopic (exact) mass is 305 g/mol. The van der Waals surface area contributed by atoms with Gasteiger partial charge in [0.2, 0.25) is 0 Å². The van der Waals surface area contributed by atoms with E-state index in [0.717, 1.165) is 32.5 Å². The first-order chi connectivity index (χ1) is 9.88. The number of hydrogen-bond donors (Lipinski definition) is 1. The topological polar surface area (TPSA) is 23.5 Å². The minimum atomic E-state index is 0.265. The molecule has 0 unspecified atom stereocenters. The largest absolute Gasteiger partial charge is 0.395 e. The third-order valence-corrected chi connectivity index (χ3v) is 5.22. The van der Waals surface area contributed by atoms with Gasteiger partial charge in [-0.05, 0) is 63.2 Å². The zero-order valence-corrected chi connectivity index (χ0v) is 13.1. The molecule has 106 valence electrons. The number of rotatable bonds is 4. The summed E-state index contributed by atoms with van der Waals surface area (Å²) >= 11 is 3.53. The fourth-order valence-electron chi connectivity index (χ4n) is 2.83. The lowest BCUT2D eigenvalue weighted by Crippen LogP contribution is -2.33. The van der Waals surface area contributed by atoms with Crippen molar-refractivity contribution in [3.05, 3.63) is 50.4 Å². The summed E-state index contributed by atoms with van der Waals surface area (Å²) in [4.78, 5) is 2.35. The number of nitrogens with zero attached hydrogens (tertiary/aromatic N) is 1. The minimum absolute atomic E-state index is 0.265. The van der Waals surface area contributed by atoms with Crippen LogP contribution in [0.3, 0.4) is 0 Å². The second kappa shape index (κ2) is 6.68. The Hall–Kier alpha value is -0.940. The summed E-state index contributed by atoms with van der Waals surface area (Å²) in [5.41, 5.74) is 5.73. The van der Waals surface area contributed by atoms with Gasteiger partial charge in [0.05, 0.1) is 6.61 Å². The molecular weight excluding hydrogens is 286 g/mol. The normalized spacial score (nSPS) is 16.6. The summed E-state index contributed by atoms with van der Waals surface area (Å²) in [6.07, 6.45) is 2.22. The lowest BCUT2D eigenvalue weighted by Gasteiger charge is -2.29. The molecule has 1 saturated heterocycles. The summed E-state index contributed by atoms with van der Waals surface area (Å²) in [6.45, 7) is 3.20. The highest BCUT2D eigenvalue weighted by Gasteiger charge is 2.18. The molecule has 1 aliphatic rings. The Bertz CT molecular complexity index is 511. The molecule has 0 aromatic carbocycles. The van der Waals surface area contributed by atoms with Crippen LogP contribution in [0.15, 0.2) is 39.2 Å². The Morgan fingerprint density at radius 2 is 1.65 bits per heavy atom. The van der Waals surface area contributed by atoms with E-state index >= 15 is 0 Å². The first kappa shape index (κ1) is 14.0. The molecule has 2 aromatic rings. The Balaban J connectivity index is 1.88. The molecule has 1 aliphatic heterocycles. The molecular formula is C16H19NOS2. The Morgan fingerprint density at radius 1 is 1.05 bits per heavy atom. The van der Waals surface area contributed by atoms with Crippen LogP contribution in [0, 0.1) is 0 Å². The van der Waals surface area contributed by atoms with Crippen LogP contribution in [0.25, 0.3) is 5.57 Å². The minimum Gasteiger partial charge on any atom is -0.395 e. The van der Waals surface area contributed by atoms with Gasteiger partial charge in [0.25, 0.3) is 0 Å². The number of aliphatic hydroxyl groups is 1. The van der Waals surface area contributed by atoms with Gasteiger partial charge in [-0.2, -0.15) is 22.7 Å². The van der Waals surface area contributed by atoms with Gasteiger partial charge < -0.3 is 10.0 Å². The molecule has 0 spiro atoms. The smallest absolute Gasteiger partial charge is 0.0558 e. The van der Waals surface area contributed by atoms with Crippen molar-refractivity contribution in [1.82, 2.24) is 4.90 Å². The van der Waals surface area contributed by atoms with E-state index in [-0.39, 0.29) is 6.61 Å². The van der Waals surface area contributed by atoms with Crippen LogP contribution in [-0.4, -0.2) is 36.2 Å². The van der Waals surface area contributed by atoms with E-state index in [1.54, 1.807) is 28.2 Å². The molecule has 3 heterocycles. The molecule has 1 fully saturated rings. The molecule has 3 rings (SSSR count). The lowest BCUT2D eigenvalue weighted by molar-refractivity contribution is 0.187. The van der Waals surface area contributed by atoms with Gasteiger partial charge in [-0.15, -0.1) is 0 Å². The number of piperidine rings is 1. The Morgan fingerprint density at radius 3 is 2.10 bits per heavy atom. The van der Waals surface area contributed by atoms with Gasteiger partial charge in [0.1, 0.15) is 0 Å². The average Bonchev–Trinajstić information content (AvgIpc) is 3.15. The molecule has 1 N–H and O–H groups in total. The van der Waals surface area contributed by atoms with Crippen LogP contribution < -0.4 is 0 Å². The summed E-state index contributed by atoms with van der Waals surface area (Å²) in [5.74, 6) is 0. The Kier molecular flexibility index (Phi) is 4.68. The summed E-state index contributed by atoms with van der Waals surface area (Å²) in [7, 11) is 0. The van der Waals surface area contributed by atoms with Crippen molar-refractivity contribution < 1.29 is 5.11 Å². The second-order valence-electron chi connectivity index (χ2n) is 5.07. The highest BCUT2D eigenvalue weighted by atomic mass is 32.1. The molecule has 0 aliphatic carbocycles. The summed E-state index contributed by atoms with van der Waals surface area (Å²) in [6, 6.07) is 4.45. The number of likely N-dealkylation sites (tertiary alicyclic amines) is 1. The van der Waals surface area contributed by atoms with Gasteiger partial charge >= 0.3 is 0 Å². The maximum atomic E-state index is 9.04. The standard InChI is InChI=1S/C16H19NOS2/c18-8-7-17-5-1-13(2-6-17)16(14-3-9-19-11-14)15-4-10-20-12-15/h3-4,9-12,18H,1-2,5-8H2. The average molecular weight is 305 g/mol. The van der Waals surface area contributed by atoms with E-state index in [9.17, 15) is 0 Å². The quantitative estimate of drug-likeness (QED) is 0.931. The number of β-amino-alcohol motifs (C(OH)–C–C–N with tert-alkyl or cyclic N) is 1. The number of aliphatic hydroxyl groups excluding tert-OH is 1. The molecule has 0 radical (unpaired) electrons. The SMILES string of the molecule is OCCN1CCC(=C(c2ccsc2)c2ccsc2)CC1. The predicted octanol–water partition coefficient (Wildman–Crippen LogP) is 3.70. The predicted molar refractivity (Wildman–Crippen MR) is 87.4 cm³/mol. The zero-order valence-electron chi connectivity index (χ0n) is 11.4. The van der Waals surface area contributed by atoms with Crippen molar-refractivity contribution in [2.75, 3.05) is 26.2 Å². The third kappa shape index (κ3) is 3.04. The fourth-order valence-corrected chi connectivity index (χ4v) is 4.12. The maximum Gasteiger partial charge on any atom is 0.0558 e. The Labute approximate surface area is 128 Å². The van der Waals surface area contributed by atoms with Crippen LogP contribution in [0.5, 0.6) is 0 Å². The fraction of sp³-hybridized carbons (Fsp3) is 0.375.